The molecule has 0 radical (unpaired) electrons. The quantitative estimate of drug-likeness (QED) is 0.438. The van der Waals surface area contributed by atoms with E-state index in [0.717, 1.165) is 9.99 Å². The summed E-state index contributed by atoms with van der Waals surface area (Å²) in [4.78, 5) is 37.0. The first-order valence-electron chi connectivity index (χ1n) is 10.1. The minimum Gasteiger partial charge on any atom is -0.480 e. The van der Waals surface area contributed by atoms with Crippen molar-refractivity contribution >= 4 is 39.6 Å². The van der Waals surface area contributed by atoms with E-state index < -0.39 is 23.0 Å². The van der Waals surface area contributed by atoms with Crippen LogP contribution in [-0.2, 0) is 11.2 Å². The van der Waals surface area contributed by atoms with Gasteiger partial charge in [-0.3, -0.25) is 4.79 Å². The van der Waals surface area contributed by atoms with Crippen molar-refractivity contribution in [1.82, 2.24) is 24.7 Å². The molecular formula is C21H26IN5O4. The number of carbonyl (C=O) groups is 1. The van der Waals surface area contributed by atoms with Crippen molar-refractivity contribution in [2.24, 2.45) is 5.41 Å². The molecule has 0 aliphatic carbocycles. The topological polar surface area (TPSA) is 123 Å². The van der Waals surface area contributed by atoms with Crippen LogP contribution in [-0.4, -0.2) is 42.4 Å². The summed E-state index contributed by atoms with van der Waals surface area (Å²) >= 11 is 2.14. The highest BCUT2D eigenvalue weighted by atomic mass is 127. The van der Waals surface area contributed by atoms with E-state index in [2.05, 4.69) is 42.6 Å². The average molecular weight is 539 g/mol. The van der Waals surface area contributed by atoms with Gasteiger partial charge in [0.1, 0.15) is 11.3 Å². The number of aromatic amines is 1. The van der Waals surface area contributed by atoms with Crippen molar-refractivity contribution in [2.45, 2.75) is 53.5 Å². The molecule has 2 N–H and O–H groups in total. The molecule has 0 fully saturated rings. The van der Waals surface area contributed by atoms with Crippen molar-refractivity contribution in [3.8, 4) is 17.3 Å². The molecule has 0 aliphatic rings. The Hall–Kier alpha value is -2.50. The molecule has 3 aromatic heterocycles. The van der Waals surface area contributed by atoms with Crippen LogP contribution in [0.25, 0.3) is 22.4 Å². The summed E-state index contributed by atoms with van der Waals surface area (Å²) in [6.07, 6.45) is 2.99. The van der Waals surface area contributed by atoms with Crippen LogP contribution in [0.5, 0.6) is 5.88 Å². The molecule has 166 valence electrons. The Morgan fingerprint density at radius 3 is 2.65 bits per heavy atom. The van der Waals surface area contributed by atoms with Crippen LogP contribution in [0.4, 0.5) is 0 Å². The van der Waals surface area contributed by atoms with E-state index in [9.17, 15) is 14.7 Å². The zero-order chi connectivity index (χ0) is 22.9. The Morgan fingerprint density at radius 2 is 2.06 bits per heavy atom. The number of aliphatic carboxylic acids is 1. The molecule has 0 aromatic carbocycles. The van der Waals surface area contributed by atoms with Gasteiger partial charge in [0.25, 0.3) is 5.56 Å². The number of nitrogens with one attached hydrogen (secondary N) is 1. The third-order valence-corrected chi connectivity index (χ3v) is 5.37. The van der Waals surface area contributed by atoms with Crippen LogP contribution >= 0.6 is 22.6 Å². The predicted molar refractivity (Wildman–Crippen MR) is 125 cm³/mol. The first-order chi connectivity index (χ1) is 14.6. The van der Waals surface area contributed by atoms with Gasteiger partial charge in [0.15, 0.2) is 11.6 Å². The number of halogens is 1. The minimum atomic E-state index is -1.06. The van der Waals surface area contributed by atoms with Crippen LogP contribution in [0.15, 0.2) is 17.1 Å². The fraction of sp³-hybridized carbons (Fsp3) is 0.476. The highest BCUT2D eigenvalue weighted by Gasteiger charge is 2.36. The molecule has 0 aliphatic heterocycles. The number of nitrogens with zero attached hydrogens (tertiary/aromatic N) is 4. The first-order valence-corrected chi connectivity index (χ1v) is 11.2. The van der Waals surface area contributed by atoms with Crippen LogP contribution in [0.2, 0.25) is 0 Å². The number of H-pyrrole nitrogens is 1. The number of hydrogen-bond acceptors (Lipinski definition) is 6. The summed E-state index contributed by atoms with van der Waals surface area (Å²) in [5.41, 5.74) is 0.548. The molecule has 3 aromatic rings. The van der Waals surface area contributed by atoms with Gasteiger partial charge in [0.2, 0.25) is 5.88 Å². The number of pyridine rings is 1. The van der Waals surface area contributed by atoms with Gasteiger partial charge in [-0.15, -0.1) is 0 Å². The summed E-state index contributed by atoms with van der Waals surface area (Å²) in [6, 6.07) is 0.820. The van der Waals surface area contributed by atoms with E-state index in [0.29, 0.717) is 41.5 Å². The second-order valence-corrected chi connectivity index (χ2v) is 9.56. The monoisotopic (exact) mass is 539 g/mol. The van der Waals surface area contributed by atoms with E-state index in [-0.39, 0.29) is 5.52 Å². The lowest BCUT2D eigenvalue weighted by Crippen LogP contribution is -2.33. The van der Waals surface area contributed by atoms with Crippen molar-refractivity contribution < 1.29 is 14.6 Å². The van der Waals surface area contributed by atoms with Gasteiger partial charge < -0.3 is 14.8 Å². The number of fused-ring (bicyclic) bond motifs is 1. The summed E-state index contributed by atoms with van der Waals surface area (Å²) in [6.45, 7) is 9.78. The van der Waals surface area contributed by atoms with Crippen molar-refractivity contribution in [1.29, 1.82) is 0 Å². The lowest BCUT2D eigenvalue weighted by atomic mass is 9.87. The van der Waals surface area contributed by atoms with E-state index in [1.54, 1.807) is 27.0 Å². The molecule has 1 unspecified atom stereocenters. The maximum atomic E-state index is 13.2. The number of aryl methyl sites for hydroxylation is 1. The second-order valence-electron chi connectivity index (χ2n) is 8.32. The summed E-state index contributed by atoms with van der Waals surface area (Å²) in [7, 11) is 0. The molecule has 1 atom stereocenters. The van der Waals surface area contributed by atoms with Gasteiger partial charge in [-0.1, -0.05) is 34.6 Å². The molecule has 3 heterocycles. The highest BCUT2D eigenvalue weighted by molar-refractivity contribution is 14.1. The molecule has 0 saturated heterocycles. The maximum Gasteiger partial charge on any atom is 0.329 e. The third-order valence-electron chi connectivity index (χ3n) is 4.78. The molecule has 10 heteroatoms. The van der Waals surface area contributed by atoms with Crippen LogP contribution in [0.3, 0.4) is 0 Å². The Balaban J connectivity index is 2.29. The SMILES string of the molecule is CCCOc1ncc(I)cc1-c1nc2c(CC)nn(C(C(=O)O)C(C)(C)C)c2c(=O)[nH]1. The van der Waals surface area contributed by atoms with E-state index >= 15 is 0 Å². The van der Waals surface area contributed by atoms with Gasteiger partial charge in [0, 0.05) is 9.77 Å². The minimum absolute atomic E-state index is 0.150. The molecule has 0 bridgehead atoms. The Bertz CT molecular complexity index is 1180. The lowest BCUT2D eigenvalue weighted by Gasteiger charge is -2.27. The predicted octanol–water partition coefficient (Wildman–Crippen LogP) is 3.81. The van der Waals surface area contributed by atoms with E-state index in [1.165, 1.54) is 4.68 Å². The summed E-state index contributed by atoms with van der Waals surface area (Å²) in [5, 5.41) is 14.3. The average Bonchev–Trinajstić information content (AvgIpc) is 3.04. The molecule has 0 amide bonds. The smallest absolute Gasteiger partial charge is 0.329 e. The maximum absolute atomic E-state index is 13.2. The molecular weight excluding hydrogens is 513 g/mol. The number of aromatic nitrogens is 5. The van der Waals surface area contributed by atoms with Gasteiger partial charge in [-0.05, 0) is 46.9 Å². The molecule has 31 heavy (non-hydrogen) atoms. The van der Waals surface area contributed by atoms with E-state index in [4.69, 9.17) is 4.74 Å². The molecule has 9 nitrogen and oxygen atoms in total. The fourth-order valence-corrected chi connectivity index (χ4v) is 3.86. The van der Waals surface area contributed by atoms with Gasteiger partial charge in [-0.2, -0.15) is 5.10 Å². The zero-order valence-corrected chi connectivity index (χ0v) is 20.3. The standard InChI is InChI=1S/C21H26IN5O4/c1-6-8-31-19-12(9-11(22)10-23-19)17-24-14-13(7-2)26-27(15(14)18(28)25-17)16(20(29)30)21(3,4)5/h9-10,16H,6-8H2,1-5H3,(H,29,30)(H,24,25,28). The molecule has 0 saturated carbocycles. The normalized spacial score (nSPS) is 12.8. The summed E-state index contributed by atoms with van der Waals surface area (Å²) in [5.74, 6) is -0.361. The van der Waals surface area contributed by atoms with Crippen molar-refractivity contribution in [3.05, 3.63) is 31.9 Å². The fourth-order valence-electron chi connectivity index (χ4n) is 3.41. The van der Waals surface area contributed by atoms with Gasteiger partial charge >= 0.3 is 5.97 Å². The zero-order valence-electron chi connectivity index (χ0n) is 18.2. The molecule has 3 rings (SSSR count). The van der Waals surface area contributed by atoms with Crippen molar-refractivity contribution in [2.75, 3.05) is 6.61 Å². The number of carboxylic acids is 1. The van der Waals surface area contributed by atoms with Crippen LogP contribution < -0.4 is 10.3 Å². The summed E-state index contributed by atoms with van der Waals surface area (Å²) < 4.78 is 7.91. The Labute approximate surface area is 193 Å². The largest absolute Gasteiger partial charge is 0.480 e. The van der Waals surface area contributed by atoms with E-state index in [1.807, 2.05) is 19.9 Å². The van der Waals surface area contributed by atoms with Crippen LogP contribution in [0, 0.1) is 8.99 Å². The van der Waals surface area contributed by atoms with Crippen LogP contribution in [0.1, 0.15) is 52.8 Å². The number of rotatable bonds is 7. The highest BCUT2D eigenvalue weighted by Crippen LogP contribution is 2.34. The number of ether oxygens (including phenoxy) is 1. The molecule has 0 spiro atoms. The Kier molecular flexibility index (Phi) is 6.68. The third kappa shape index (κ3) is 4.58. The van der Waals surface area contributed by atoms with Crippen molar-refractivity contribution in [3.63, 3.8) is 0 Å². The van der Waals surface area contributed by atoms with Gasteiger partial charge in [-0.25, -0.2) is 19.4 Å². The Morgan fingerprint density at radius 1 is 1.35 bits per heavy atom. The number of carboxylic acid groups (broad SMARTS) is 1. The van der Waals surface area contributed by atoms with Gasteiger partial charge in [0.05, 0.1) is 17.9 Å². The first kappa shape index (κ1) is 23.2. The number of hydrogen-bond donors (Lipinski definition) is 2. The lowest BCUT2D eigenvalue weighted by molar-refractivity contribution is -0.144. The second kappa shape index (κ2) is 8.93.